The fourth-order valence-corrected chi connectivity index (χ4v) is 4.30. The Morgan fingerprint density at radius 1 is 1.15 bits per heavy atom. The normalized spacial score (nSPS) is 23.0. The van der Waals surface area contributed by atoms with Crippen LogP contribution < -0.4 is 14.8 Å². The molecule has 0 bridgehead atoms. The molecule has 2 saturated heterocycles. The van der Waals surface area contributed by atoms with Crippen LogP contribution in [-0.2, 0) is 4.74 Å². The minimum Gasteiger partial charge on any atom is -0.495 e. The van der Waals surface area contributed by atoms with Crippen LogP contribution in [0.1, 0.15) is 32.1 Å². The van der Waals surface area contributed by atoms with Crippen LogP contribution in [0.3, 0.4) is 0 Å². The zero-order chi connectivity index (χ0) is 18.5. The summed E-state index contributed by atoms with van der Waals surface area (Å²) < 4.78 is 16.0. The van der Waals surface area contributed by atoms with Crippen molar-refractivity contribution in [2.45, 2.75) is 38.1 Å². The third-order valence-electron chi connectivity index (χ3n) is 5.37. The van der Waals surface area contributed by atoms with Gasteiger partial charge in [-0.1, -0.05) is 18.0 Å². The summed E-state index contributed by atoms with van der Waals surface area (Å²) >= 11 is 6.14. The molecule has 0 unspecified atom stereocenters. The Labute approximate surface area is 159 Å². The number of carbonyl (C=O) groups excluding carboxylic acids is 1. The van der Waals surface area contributed by atoms with Gasteiger partial charge in [0.2, 0.25) is 0 Å². The number of rotatable bonds is 5. The average molecular weight is 383 g/mol. The monoisotopic (exact) mass is 382 g/mol. The van der Waals surface area contributed by atoms with Gasteiger partial charge in [0.1, 0.15) is 11.5 Å². The summed E-state index contributed by atoms with van der Waals surface area (Å²) in [5.74, 6) is 1.37. The Morgan fingerprint density at radius 3 is 2.69 bits per heavy atom. The molecule has 0 radical (unpaired) electrons. The van der Waals surface area contributed by atoms with Gasteiger partial charge in [0.05, 0.1) is 31.5 Å². The molecule has 26 heavy (non-hydrogen) atoms. The topological polar surface area (TPSA) is 60.0 Å². The molecule has 2 fully saturated rings. The van der Waals surface area contributed by atoms with Crippen LogP contribution in [0.15, 0.2) is 12.1 Å². The van der Waals surface area contributed by atoms with Crippen LogP contribution in [0.5, 0.6) is 11.5 Å². The summed E-state index contributed by atoms with van der Waals surface area (Å²) in [6, 6.07) is 3.79. The van der Waals surface area contributed by atoms with Crippen LogP contribution in [0.2, 0.25) is 5.02 Å². The highest BCUT2D eigenvalue weighted by Crippen LogP contribution is 2.36. The fraction of sp³-hybridized carbons (Fsp3) is 0.632. The number of fused-ring (bicyclic) bond motifs is 1. The predicted molar refractivity (Wildman–Crippen MR) is 101 cm³/mol. The number of nitrogens with zero attached hydrogens (tertiary/aromatic N) is 1. The van der Waals surface area contributed by atoms with Crippen LogP contribution >= 0.6 is 11.6 Å². The van der Waals surface area contributed by atoms with Gasteiger partial charge in [-0.3, -0.25) is 10.2 Å². The summed E-state index contributed by atoms with van der Waals surface area (Å²) in [4.78, 5) is 14.8. The minimum atomic E-state index is -0.488. The maximum absolute atomic E-state index is 12.3. The number of nitrogens with one attached hydrogen (secondary N) is 1. The maximum Gasteiger partial charge on any atom is 0.411 e. The molecule has 144 valence electrons. The van der Waals surface area contributed by atoms with E-state index >= 15 is 0 Å². The number of piperidine rings is 2. The molecule has 1 aromatic rings. The number of halogens is 1. The van der Waals surface area contributed by atoms with Gasteiger partial charge in [-0.25, -0.2) is 4.79 Å². The van der Waals surface area contributed by atoms with Gasteiger partial charge in [0.15, 0.2) is 0 Å². The highest BCUT2D eigenvalue weighted by Gasteiger charge is 2.33. The van der Waals surface area contributed by atoms with Crippen molar-refractivity contribution in [1.29, 1.82) is 0 Å². The molecule has 0 aliphatic carbocycles. The highest BCUT2D eigenvalue weighted by molar-refractivity contribution is 6.32. The first-order chi connectivity index (χ1) is 12.6. The maximum atomic E-state index is 12.3. The second-order valence-corrected chi connectivity index (χ2v) is 7.32. The van der Waals surface area contributed by atoms with Crippen molar-refractivity contribution in [1.82, 2.24) is 4.90 Å². The second kappa shape index (κ2) is 8.82. The van der Waals surface area contributed by atoms with Crippen LogP contribution in [0.4, 0.5) is 10.5 Å². The van der Waals surface area contributed by atoms with Gasteiger partial charge in [-0.15, -0.1) is 0 Å². The van der Waals surface area contributed by atoms with E-state index in [1.807, 2.05) is 0 Å². The van der Waals surface area contributed by atoms with Crippen LogP contribution in [-0.4, -0.2) is 51.0 Å². The van der Waals surface area contributed by atoms with E-state index in [1.54, 1.807) is 12.1 Å². The molecule has 2 aliphatic heterocycles. The molecular weight excluding hydrogens is 356 g/mol. The smallest absolute Gasteiger partial charge is 0.411 e. The Balaban J connectivity index is 1.58. The molecule has 2 aliphatic rings. The molecule has 3 rings (SSSR count). The summed E-state index contributed by atoms with van der Waals surface area (Å²) in [6.07, 6.45) is 5.56. The summed E-state index contributed by atoms with van der Waals surface area (Å²) in [7, 11) is 3.06. The lowest BCUT2D eigenvalue weighted by Crippen LogP contribution is -2.49. The molecule has 2 atom stereocenters. The van der Waals surface area contributed by atoms with E-state index in [1.165, 1.54) is 53.0 Å². The first kappa shape index (κ1) is 19.1. The molecule has 0 spiro atoms. The Morgan fingerprint density at radius 2 is 1.92 bits per heavy atom. The van der Waals surface area contributed by atoms with Crippen LogP contribution in [0.25, 0.3) is 0 Å². The van der Waals surface area contributed by atoms with Gasteiger partial charge in [0.25, 0.3) is 0 Å². The van der Waals surface area contributed by atoms with E-state index in [-0.39, 0.29) is 0 Å². The van der Waals surface area contributed by atoms with E-state index in [9.17, 15) is 4.79 Å². The molecule has 1 N–H and O–H groups in total. The number of amides is 1. The minimum absolute atomic E-state index is 0.397. The van der Waals surface area contributed by atoms with Gasteiger partial charge >= 0.3 is 6.09 Å². The number of benzene rings is 1. The zero-order valence-electron chi connectivity index (χ0n) is 15.4. The van der Waals surface area contributed by atoms with E-state index in [2.05, 4.69) is 10.2 Å². The van der Waals surface area contributed by atoms with Crippen molar-refractivity contribution in [3.8, 4) is 11.5 Å². The number of methoxy groups -OCH3 is 2. The van der Waals surface area contributed by atoms with Gasteiger partial charge < -0.3 is 14.2 Å². The van der Waals surface area contributed by atoms with Gasteiger partial charge in [-0.2, -0.15) is 0 Å². The van der Waals surface area contributed by atoms with E-state index in [4.69, 9.17) is 25.8 Å². The Bertz CT molecular complexity index is 638. The van der Waals surface area contributed by atoms with Gasteiger partial charge in [0, 0.05) is 18.0 Å². The standard InChI is InChI=1S/C19H27ClN2O4/c1-24-17-11-18(25-2)15(10-14(17)20)21-19(23)26-12-13-6-5-9-22-8-4-3-7-16(13)22/h10-11,13,16H,3-9,12H2,1-2H3,(H,21,23)/t13-,16-/m1/s1. The van der Waals surface area contributed by atoms with E-state index in [0.29, 0.717) is 40.8 Å². The van der Waals surface area contributed by atoms with Crippen molar-refractivity contribution < 1.29 is 19.0 Å². The van der Waals surface area contributed by atoms with Crippen molar-refractivity contribution in [3.05, 3.63) is 17.2 Å². The predicted octanol–water partition coefficient (Wildman–Crippen LogP) is 4.17. The summed E-state index contributed by atoms with van der Waals surface area (Å²) in [5, 5.41) is 3.12. The lowest BCUT2D eigenvalue weighted by molar-refractivity contribution is 0.0261. The van der Waals surface area contributed by atoms with E-state index in [0.717, 1.165) is 6.42 Å². The lowest BCUT2D eigenvalue weighted by atomic mass is 9.84. The molecule has 1 aromatic carbocycles. The molecule has 0 aromatic heterocycles. The quantitative estimate of drug-likeness (QED) is 0.828. The van der Waals surface area contributed by atoms with Crippen molar-refractivity contribution in [3.63, 3.8) is 0 Å². The number of anilines is 1. The number of hydrogen-bond donors (Lipinski definition) is 1. The lowest BCUT2D eigenvalue weighted by Gasteiger charge is -2.44. The SMILES string of the molecule is COc1cc(OC)c(NC(=O)OC[C@H]2CCCN3CCCC[C@H]23)cc1Cl. The average Bonchev–Trinajstić information content (AvgIpc) is 2.66. The molecule has 2 heterocycles. The van der Waals surface area contributed by atoms with Crippen molar-refractivity contribution >= 4 is 23.4 Å². The first-order valence-electron chi connectivity index (χ1n) is 9.21. The number of ether oxygens (including phenoxy) is 3. The fourth-order valence-electron chi connectivity index (χ4n) is 4.06. The first-order valence-corrected chi connectivity index (χ1v) is 9.59. The molecule has 0 saturated carbocycles. The third-order valence-corrected chi connectivity index (χ3v) is 5.66. The largest absolute Gasteiger partial charge is 0.495 e. The van der Waals surface area contributed by atoms with Crippen molar-refractivity contribution in [2.75, 3.05) is 39.2 Å². The second-order valence-electron chi connectivity index (χ2n) is 6.91. The van der Waals surface area contributed by atoms with E-state index < -0.39 is 6.09 Å². The van der Waals surface area contributed by atoms with Crippen LogP contribution in [0, 0.1) is 5.92 Å². The molecule has 1 amide bonds. The number of carbonyl (C=O) groups is 1. The van der Waals surface area contributed by atoms with Crippen molar-refractivity contribution in [2.24, 2.45) is 5.92 Å². The zero-order valence-corrected chi connectivity index (χ0v) is 16.2. The summed E-state index contributed by atoms with van der Waals surface area (Å²) in [6.45, 7) is 2.79. The molecule has 7 heteroatoms. The third kappa shape index (κ3) is 4.35. The Hall–Kier alpha value is -1.66. The van der Waals surface area contributed by atoms with Gasteiger partial charge in [-0.05, 0) is 44.8 Å². The highest BCUT2D eigenvalue weighted by atomic mass is 35.5. The molecular formula is C19H27ClN2O4. The molecule has 6 nitrogen and oxygen atoms in total. The summed E-state index contributed by atoms with van der Waals surface area (Å²) in [5.41, 5.74) is 0.464. The number of hydrogen-bond acceptors (Lipinski definition) is 5. The Kier molecular flexibility index (Phi) is 6.48.